The number of hydrogen-bond acceptors (Lipinski definition) is 3. The highest BCUT2D eigenvalue weighted by Gasteiger charge is 2.27. The minimum absolute atomic E-state index is 0.00850. The molecule has 0 fully saturated rings. The summed E-state index contributed by atoms with van der Waals surface area (Å²) in [6.45, 7) is 12.1. The van der Waals surface area contributed by atoms with Crippen LogP contribution in [-0.2, 0) is 9.59 Å². The molecule has 0 atom stereocenters. The summed E-state index contributed by atoms with van der Waals surface area (Å²) in [6.07, 6.45) is 3.39. The van der Waals surface area contributed by atoms with Crippen LogP contribution in [0.3, 0.4) is 0 Å². The fraction of sp³-hybridized carbons (Fsp3) is 0.520. The smallest absolute Gasteiger partial charge is 0.207 e. The average molecular weight is 428 g/mol. The monoisotopic (exact) mass is 427 g/mol. The Labute approximate surface area is 187 Å². The van der Waals surface area contributed by atoms with Gasteiger partial charge in [0, 0.05) is 37.2 Å². The Morgan fingerprint density at radius 1 is 0.871 bits per heavy atom. The number of benzene rings is 2. The second-order valence-corrected chi connectivity index (χ2v) is 9.50. The average Bonchev–Trinajstić information content (AvgIpc) is 2.74. The summed E-state index contributed by atoms with van der Waals surface area (Å²) in [5.74, 6) is 0. The van der Waals surface area contributed by atoms with Gasteiger partial charge in [0.15, 0.2) is 0 Å². The molecule has 2 rings (SSSR count). The number of amides is 2. The van der Waals surface area contributed by atoms with Crippen LogP contribution in [0.2, 0.25) is 0 Å². The molecule has 6 heteroatoms. The second kappa shape index (κ2) is 11.7. The van der Waals surface area contributed by atoms with E-state index in [2.05, 4.69) is 85.8 Å². The van der Waals surface area contributed by atoms with Crippen LogP contribution in [-0.4, -0.2) is 69.2 Å². The molecule has 0 aromatic heterocycles. The van der Waals surface area contributed by atoms with Crippen LogP contribution in [0.25, 0.3) is 10.8 Å². The van der Waals surface area contributed by atoms with E-state index in [0.29, 0.717) is 13.1 Å². The maximum absolute atomic E-state index is 10.6. The van der Waals surface area contributed by atoms with Crippen LogP contribution in [0.15, 0.2) is 42.5 Å². The Balaban J connectivity index is 2.15. The van der Waals surface area contributed by atoms with Crippen molar-refractivity contribution in [1.82, 2.24) is 10.6 Å². The van der Waals surface area contributed by atoms with Gasteiger partial charge in [-0.1, -0.05) is 30.3 Å². The van der Waals surface area contributed by atoms with Crippen LogP contribution >= 0.6 is 0 Å². The Morgan fingerprint density at radius 3 is 2.00 bits per heavy atom. The summed E-state index contributed by atoms with van der Waals surface area (Å²) in [7, 11) is 2.28. The zero-order chi connectivity index (χ0) is 22.7. The van der Waals surface area contributed by atoms with Crippen molar-refractivity contribution in [1.29, 1.82) is 0 Å². The Hall–Kier alpha value is -2.60. The van der Waals surface area contributed by atoms with Crippen LogP contribution in [0, 0.1) is 0 Å². The summed E-state index contributed by atoms with van der Waals surface area (Å²) < 4.78 is 0.904. The van der Waals surface area contributed by atoms with Crippen molar-refractivity contribution in [2.24, 2.45) is 0 Å². The quantitative estimate of drug-likeness (QED) is 0.277. The van der Waals surface area contributed by atoms with Gasteiger partial charge in [0.1, 0.15) is 0 Å². The van der Waals surface area contributed by atoms with Crippen molar-refractivity contribution in [2.75, 3.05) is 51.2 Å². The number of nitrogens with zero attached hydrogens (tertiary/aromatic N) is 2. The van der Waals surface area contributed by atoms with E-state index >= 15 is 0 Å². The molecule has 0 aliphatic carbocycles. The zero-order valence-corrected chi connectivity index (χ0v) is 19.6. The van der Waals surface area contributed by atoms with Crippen molar-refractivity contribution in [3.63, 3.8) is 0 Å². The molecule has 2 aromatic carbocycles. The second-order valence-electron chi connectivity index (χ2n) is 9.50. The maximum Gasteiger partial charge on any atom is 0.207 e. The molecular formula is C25H39N4O2+. The molecule has 2 N–H and O–H groups in total. The number of nitrogens with one attached hydrogen (secondary N) is 2. The van der Waals surface area contributed by atoms with Gasteiger partial charge in [-0.2, -0.15) is 0 Å². The predicted octanol–water partition coefficient (Wildman–Crippen LogP) is 3.16. The lowest BCUT2D eigenvalue weighted by Crippen LogP contribution is -2.53. The summed E-state index contributed by atoms with van der Waals surface area (Å²) in [4.78, 5) is 23.7. The number of rotatable bonds is 14. The maximum atomic E-state index is 10.6. The molecule has 6 nitrogen and oxygen atoms in total. The molecule has 0 bridgehead atoms. The highest BCUT2D eigenvalue weighted by Crippen LogP contribution is 2.28. The summed E-state index contributed by atoms with van der Waals surface area (Å²) in [5, 5.41) is 8.05. The molecule has 2 amide bonds. The number of anilines is 1. The number of quaternary nitrogens is 1. The Morgan fingerprint density at radius 2 is 1.45 bits per heavy atom. The first-order valence-corrected chi connectivity index (χ1v) is 11.2. The number of fused-ring (bicyclic) bond motifs is 1. The van der Waals surface area contributed by atoms with E-state index in [1.165, 1.54) is 16.5 Å². The number of carbonyl (C=O) groups is 2. The lowest BCUT2D eigenvalue weighted by Gasteiger charge is -2.42. The van der Waals surface area contributed by atoms with Gasteiger partial charge in [0.2, 0.25) is 12.8 Å². The van der Waals surface area contributed by atoms with Gasteiger partial charge in [0.25, 0.3) is 0 Å². The van der Waals surface area contributed by atoms with Crippen molar-refractivity contribution in [3.8, 4) is 0 Å². The van der Waals surface area contributed by atoms with Gasteiger partial charge in [-0.3, -0.25) is 9.59 Å². The first-order valence-electron chi connectivity index (χ1n) is 11.2. The molecule has 0 aliphatic heterocycles. The van der Waals surface area contributed by atoms with Crippen molar-refractivity contribution < 1.29 is 14.1 Å². The van der Waals surface area contributed by atoms with E-state index in [9.17, 15) is 9.59 Å². The molecule has 0 saturated carbocycles. The van der Waals surface area contributed by atoms with Crippen LogP contribution in [0.5, 0.6) is 0 Å². The third kappa shape index (κ3) is 7.87. The minimum atomic E-state index is -0.00850. The fourth-order valence-corrected chi connectivity index (χ4v) is 4.12. The largest absolute Gasteiger partial charge is 0.361 e. The molecule has 0 radical (unpaired) electrons. The molecule has 0 unspecified atom stereocenters. The van der Waals surface area contributed by atoms with Crippen LogP contribution in [0.1, 0.15) is 33.6 Å². The topological polar surface area (TPSA) is 61.4 Å². The molecular weight excluding hydrogens is 388 g/mol. The predicted molar refractivity (Wildman–Crippen MR) is 129 cm³/mol. The van der Waals surface area contributed by atoms with Gasteiger partial charge in [-0.25, -0.2) is 0 Å². The SMILES string of the molecule is CC(C)(C)N(CC[N+](C)(CCCNC=O)CCCNC=O)c1ccc2ccccc2c1. The van der Waals surface area contributed by atoms with Crippen LogP contribution in [0.4, 0.5) is 5.69 Å². The molecule has 170 valence electrons. The van der Waals surface area contributed by atoms with E-state index in [-0.39, 0.29) is 5.54 Å². The fourth-order valence-electron chi connectivity index (χ4n) is 4.12. The van der Waals surface area contributed by atoms with E-state index in [1.807, 2.05) is 0 Å². The molecule has 0 heterocycles. The van der Waals surface area contributed by atoms with E-state index in [0.717, 1.165) is 56.3 Å². The summed E-state index contributed by atoms with van der Waals surface area (Å²) in [6, 6.07) is 15.2. The number of likely N-dealkylation sites (N-methyl/N-ethyl adjacent to an activating group) is 1. The van der Waals surface area contributed by atoms with Gasteiger partial charge >= 0.3 is 0 Å². The van der Waals surface area contributed by atoms with Gasteiger partial charge < -0.3 is 20.0 Å². The first-order chi connectivity index (χ1) is 14.8. The van der Waals surface area contributed by atoms with E-state index in [4.69, 9.17) is 0 Å². The Kier molecular flexibility index (Phi) is 9.31. The number of hydrogen-bond donors (Lipinski definition) is 2. The zero-order valence-electron chi connectivity index (χ0n) is 19.6. The highest BCUT2D eigenvalue weighted by molar-refractivity contribution is 5.86. The third-order valence-electron chi connectivity index (χ3n) is 5.92. The van der Waals surface area contributed by atoms with Gasteiger partial charge in [0.05, 0.1) is 33.2 Å². The number of carbonyl (C=O) groups excluding carboxylic acids is 2. The van der Waals surface area contributed by atoms with E-state index < -0.39 is 0 Å². The molecule has 0 spiro atoms. The molecule has 0 aliphatic rings. The van der Waals surface area contributed by atoms with Gasteiger partial charge in [-0.05, 0) is 43.7 Å². The minimum Gasteiger partial charge on any atom is -0.361 e. The van der Waals surface area contributed by atoms with Crippen molar-refractivity contribution in [2.45, 2.75) is 39.2 Å². The lowest BCUT2D eigenvalue weighted by molar-refractivity contribution is -0.908. The molecule has 2 aromatic rings. The van der Waals surface area contributed by atoms with E-state index in [1.54, 1.807) is 0 Å². The standard InChI is InChI=1S/C25H38N4O2/c1-25(2,3)28(24-12-11-22-9-5-6-10-23(22)19-24)15-18-29(4,16-7-13-26-20-30)17-8-14-27-21-31/h5-6,9-12,19-21H,7-8,13-18H2,1-4H3,(H-,26,27,30,31)/p+1. The van der Waals surface area contributed by atoms with Crippen molar-refractivity contribution >= 4 is 29.3 Å². The third-order valence-corrected chi connectivity index (χ3v) is 5.92. The summed E-state index contributed by atoms with van der Waals surface area (Å²) in [5.41, 5.74) is 1.23. The van der Waals surface area contributed by atoms with Gasteiger partial charge in [-0.15, -0.1) is 0 Å². The molecule has 31 heavy (non-hydrogen) atoms. The molecule has 0 saturated heterocycles. The van der Waals surface area contributed by atoms with Crippen molar-refractivity contribution in [3.05, 3.63) is 42.5 Å². The van der Waals surface area contributed by atoms with Crippen LogP contribution < -0.4 is 15.5 Å². The highest BCUT2D eigenvalue weighted by atomic mass is 16.1. The summed E-state index contributed by atoms with van der Waals surface area (Å²) >= 11 is 0. The lowest BCUT2D eigenvalue weighted by atomic mass is 10.0. The first kappa shape index (κ1) is 24.7. The Bertz CT molecular complexity index is 816. The normalized spacial score (nSPS) is 11.9.